The summed E-state index contributed by atoms with van der Waals surface area (Å²) in [4.78, 5) is 11.2. The number of thiocarbonyl (C=S) groups is 1. The number of rotatable bonds is 4. The van der Waals surface area contributed by atoms with Crippen LogP contribution < -0.4 is 20.1 Å². The lowest BCUT2D eigenvalue weighted by Crippen LogP contribution is -2.34. The predicted molar refractivity (Wildman–Crippen MR) is 75.9 cm³/mol. The standard InChI is InChI=1S/C12H16N2O4S/c1-4-18-12(15)14-11(19)13-8-5-6-9(16-2)10(7-8)17-3/h5-7H,4H2,1-3H3,(H2,13,14,15,19). The molecule has 0 spiro atoms. The molecule has 0 aliphatic rings. The first kappa shape index (κ1) is 15.0. The summed E-state index contributed by atoms with van der Waals surface area (Å²) in [5.41, 5.74) is 0.666. The average Bonchev–Trinajstić information content (AvgIpc) is 2.38. The Morgan fingerprint density at radius 1 is 1.26 bits per heavy atom. The summed E-state index contributed by atoms with van der Waals surface area (Å²) < 4.78 is 15.0. The lowest BCUT2D eigenvalue weighted by atomic mass is 10.3. The van der Waals surface area contributed by atoms with Crippen molar-refractivity contribution in [2.24, 2.45) is 0 Å². The summed E-state index contributed by atoms with van der Waals surface area (Å²) in [7, 11) is 3.09. The van der Waals surface area contributed by atoms with Crippen LogP contribution in [0.15, 0.2) is 18.2 Å². The van der Waals surface area contributed by atoms with Gasteiger partial charge in [-0.3, -0.25) is 5.32 Å². The van der Waals surface area contributed by atoms with Gasteiger partial charge >= 0.3 is 6.09 Å². The topological polar surface area (TPSA) is 68.8 Å². The molecule has 0 saturated heterocycles. The molecule has 0 radical (unpaired) electrons. The maximum atomic E-state index is 11.2. The number of carbonyl (C=O) groups is 1. The lowest BCUT2D eigenvalue weighted by molar-refractivity contribution is 0.158. The van der Waals surface area contributed by atoms with E-state index in [1.807, 2.05) is 0 Å². The molecule has 19 heavy (non-hydrogen) atoms. The number of hydrogen-bond acceptors (Lipinski definition) is 5. The van der Waals surface area contributed by atoms with Gasteiger partial charge in [-0.1, -0.05) is 0 Å². The molecule has 0 aromatic heterocycles. The minimum absolute atomic E-state index is 0.144. The van der Waals surface area contributed by atoms with E-state index in [9.17, 15) is 4.79 Å². The number of ether oxygens (including phenoxy) is 3. The van der Waals surface area contributed by atoms with Crippen LogP contribution in [-0.2, 0) is 4.74 Å². The van der Waals surface area contributed by atoms with E-state index >= 15 is 0 Å². The van der Waals surface area contributed by atoms with Crippen LogP contribution in [0.2, 0.25) is 0 Å². The zero-order valence-corrected chi connectivity index (χ0v) is 11.8. The zero-order chi connectivity index (χ0) is 14.3. The predicted octanol–water partition coefficient (Wildman–Crippen LogP) is 2.15. The molecule has 1 amide bonds. The second-order valence-corrected chi connectivity index (χ2v) is 3.78. The maximum absolute atomic E-state index is 11.2. The normalized spacial score (nSPS) is 9.42. The Hall–Kier alpha value is -2.02. The van der Waals surface area contributed by atoms with Gasteiger partial charge in [0.1, 0.15) is 0 Å². The molecular weight excluding hydrogens is 268 g/mol. The molecule has 1 aromatic rings. The van der Waals surface area contributed by atoms with Gasteiger partial charge in [-0.25, -0.2) is 4.79 Å². The number of hydrogen-bond donors (Lipinski definition) is 2. The van der Waals surface area contributed by atoms with E-state index < -0.39 is 6.09 Å². The largest absolute Gasteiger partial charge is 0.493 e. The smallest absolute Gasteiger partial charge is 0.413 e. The molecular formula is C12H16N2O4S. The Morgan fingerprint density at radius 3 is 2.53 bits per heavy atom. The molecule has 0 fully saturated rings. The van der Waals surface area contributed by atoms with Crippen LogP contribution in [-0.4, -0.2) is 32.0 Å². The fourth-order valence-corrected chi connectivity index (χ4v) is 1.54. The van der Waals surface area contributed by atoms with Gasteiger partial charge in [0.2, 0.25) is 0 Å². The third-order valence-electron chi connectivity index (χ3n) is 2.13. The van der Waals surface area contributed by atoms with Gasteiger partial charge < -0.3 is 19.5 Å². The summed E-state index contributed by atoms with van der Waals surface area (Å²) >= 11 is 4.97. The summed E-state index contributed by atoms with van der Waals surface area (Å²) in [5.74, 6) is 1.17. The van der Waals surface area contributed by atoms with E-state index in [0.717, 1.165) is 0 Å². The van der Waals surface area contributed by atoms with E-state index in [1.54, 1.807) is 32.2 Å². The van der Waals surface area contributed by atoms with Crippen molar-refractivity contribution in [1.82, 2.24) is 5.32 Å². The van der Waals surface area contributed by atoms with Crippen molar-refractivity contribution in [2.45, 2.75) is 6.92 Å². The van der Waals surface area contributed by atoms with Gasteiger partial charge in [-0.2, -0.15) is 0 Å². The van der Waals surface area contributed by atoms with E-state index in [0.29, 0.717) is 17.2 Å². The maximum Gasteiger partial charge on any atom is 0.413 e. The Balaban J connectivity index is 2.66. The van der Waals surface area contributed by atoms with E-state index in [1.165, 1.54) is 7.11 Å². The SMILES string of the molecule is CCOC(=O)NC(=S)Nc1ccc(OC)c(OC)c1. The Labute approximate surface area is 117 Å². The van der Waals surface area contributed by atoms with Crippen molar-refractivity contribution in [3.63, 3.8) is 0 Å². The minimum atomic E-state index is -0.597. The van der Waals surface area contributed by atoms with Crippen molar-refractivity contribution in [3.05, 3.63) is 18.2 Å². The van der Waals surface area contributed by atoms with E-state index in [4.69, 9.17) is 26.4 Å². The number of anilines is 1. The van der Waals surface area contributed by atoms with Crippen LogP contribution >= 0.6 is 12.2 Å². The molecule has 104 valence electrons. The Bertz CT molecular complexity index is 465. The Kier molecular flexibility index (Phi) is 5.87. The number of methoxy groups -OCH3 is 2. The molecule has 1 rings (SSSR count). The molecule has 6 nitrogen and oxygen atoms in total. The number of amides is 1. The van der Waals surface area contributed by atoms with Crippen LogP contribution in [0.1, 0.15) is 6.92 Å². The molecule has 0 aliphatic heterocycles. The van der Waals surface area contributed by atoms with E-state index in [2.05, 4.69) is 10.6 Å². The van der Waals surface area contributed by atoms with Crippen molar-refractivity contribution in [1.29, 1.82) is 0 Å². The van der Waals surface area contributed by atoms with Crippen LogP contribution in [0, 0.1) is 0 Å². The second-order valence-electron chi connectivity index (χ2n) is 3.37. The van der Waals surface area contributed by atoms with E-state index in [-0.39, 0.29) is 11.7 Å². The van der Waals surface area contributed by atoms with Gasteiger partial charge in [-0.05, 0) is 31.3 Å². The molecule has 1 aromatic carbocycles. The zero-order valence-electron chi connectivity index (χ0n) is 11.0. The fourth-order valence-electron chi connectivity index (χ4n) is 1.34. The quantitative estimate of drug-likeness (QED) is 0.826. The van der Waals surface area contributed by atoms with Crippen molar-refractivity contribution < 1.29 is 19.0 Å². The first-order valence-electron chi connectivity index (χ1n) is 5.57. The molecule has 2 N–H and O–H groups in total. The number of benzene rings is 1. The highest BCUT2D eigenvalue weighted by Gasteiger charge is 2.07. The number of carbonyl (C=O) groups excluding carboxylic acids is 1. The highest BCUT2D eigenvalue weighted by Crippen LogP contribution is 2.29. The summed E-state index contributed by atoms with van der Waals surface area (Å²) in [6.07, 6.45) is -0.597. The van der Waals surface area contributed by atoms with Gasteiger partial charge in [0.25, 0.3) is 0 Å². The highest BCUT2D eigenvalue weighted by atomic mass is 32.1. The Morgan fingerprint density at radius 2 is 1.95 bits per heavy atom. The molecule has 0 bridgehead atoms. The van der Waals surface area contributed by atoms with Crippen LogP contribution in [0.5, 0.6) is 11.5 Å². The van der Waals surface area contributed by atoms with Gasteiger partial charge in [0.15, 0.2) is 16.6 Å². The molecule has 0 atom stereocenters. The fraction of sp³-hybridized carbons (Fsp3) is 0.333. The summed E-state index contributed by atoms with van der Waals surface area (Å²) in [6, 6.07) is 5.19. The molecule has 7 heteroatoms. The summed E-state index contributed by atoms with van der Waals surface area (Å²) in [6.45, 7) is 2.00. The van der Waals surface area contributed by atoms with Gasteiger partial charge in [-0.15, -0.1) is 0 Å². The van der Waals surface area contributed by atoms with Crippen molar-refractivity contribution >= 4 is 29.1 Å². The molecule has 0 heterocycles. The first-order chi connectivity index (χ1) is 9.10. The number of alkyl carbamates (subject to hydrolysis) is 1. The molecule has 0 saturated carbocycles. The van der Waals surface area contributed by atoms with Crippen LogP contribution in [0.4, 0.5) is 10.5 Å². The van der Waals surface area contributed by atoms with Crippen LogP contribution in [0.3, 0.4) is 0 Å². The van der Waals surface area contributed by atoms with Crippen molar-refractivity contribution in [3.8, 4) is 11.5 Å². The average molecular weight is 284 g/mol. The second kappa shape index (κ2) is 7.42. The highest BCUT2D eigenvalue weighted by molar-refractivity contribution is 7.80. The third kappa shape index (κ3) is 4.63. The first-order valence-corrected chi connectivity index (χ1v) is 5.98. The van der Waals surface area contributed by atoms with Gasteiger partial charge in [0.05, 0.1) is 20.8 Å². The van der Waals surface area contributed by atoms with Gasteiger partial charge in [0, 0.05) is 11.8 Å². The van der Waals surface area contributed by atoms with Crippen LogP contribution in [0.25, 0.3) is 0 Å². The minimum Gasteiger partial charge on any atom is -0.493 e. The summed E-state index contributed by atoms with van der Waals surface area (Å²) in [5, 5.41) is 5.37. The lowest BCUT2D eigenvalue weighted by Gasteiger charge is -2.12. The van der Waals surface area contributed by atoms with Crippen molar-refractivity contribution in [2.75, 3.05) is 26.1 Å². The third-order valence-corrected chi connectivity index (χ3v) is 2.34. The monoisotopic (exact) mass is 284 g/mol. The molecule has 0 aliphatic carbocycles. The number of nitrogens with one attached hydrogen (secondary N) is 2. The molecule has 0 unspecified atom stereocenters.